The van der Waals surface area contributed by atoms with E-state index in [-0.39, 0.29) is 22.0 Å². The van der Waals surface area contributed by atoms with Crippen molar-refractivity contribution < 1.29 is 31.1 Å². The molecule has 11 heteroatoms. The van der Waals surface area contributed by atoms with Crippen LogP contribution in [0.1, 0.15) is 16.7 Å². The third-order valence-corrected chi connectivity index (χ3v) is 7.18. The van der Waals surface area contributed by atoms with Crippen LogP contribution in [0.5, 0.6) is 5.75 Å². The highest BCUT2D eigenvalue weighted by molar-refractivity contribution is 7.93. The molecule has 0 atom stereocenters. The van der Waals surface area contributed by atoms with Crippen LogP contribution < -0.4 is 14.4 Å². The fourth-order valence-corrected chi connectivity index (χ4v) is 5.17. The number of halogens is 4. The molecular formula is C24H22ClF3N2O4S. The number of amides is 1. The number of anilines is 2. The van der Waals surface area contributed by atoms with E-state index in [4.69, 9.17) is 16.3 Å². The van der Waals surface area contributed by atoms with Gasteiger partial charge < -0.3 is 10.1 Å². The number of hydrogen-bond acceptors (Lipinski definition) is 4. The number of methoxy groups -OCH3 is 1. The summed E-state index contributed by atoms with van der Waals surface area (Å²) in [6, 6.07) is 13.9. The van der Waals surface area contributed by atoms with Gasteiger partial charge in [0.15, 0.2) is 0 Å². The van der Waals surface area contributed by atoms with Crippen LogP contribution in [0.2, 0.25) is 5.02 Å². The molecule has 0 saturated carbocycles. The maximum atomic E-state index is 13.7. The molecule has 0 aromatic heterocycles. The van der Waals surface area contributed by atoms with Crippen LogP contribution in [-0.2, 0) is 21.0 Å². The third kappa shape index (κ3) is 6.07. The fourth-order valence-electron chi connectivity index (χ4n) is 3.28. The van der Waals surface area contributed by atoms with Gasteiger partial charge >= 0.3 is 6.18 Å². The molecule has 3 aromatic rings. The Labute approximate surface area is 206 Å². The summed E-state index contributed by atoms with van der Waals surface area (Å²) in [6.45, 7) is 2.82. The summed E-state index contributed by atoms with van der Waals surface area (Å²) in [5, 5.41) is 1.80. The van der Waals surface area contributed by atoms with Gasteiger partial charge in [0.25, 0.3) is 10.0 Å². The van der Waals surface area contributed by atoms with Crippen LogP contribution in [0.4, 0.5) is 24.5 Å². The van der Waals surface area contributed by atoms with Gasteiger partial charge in [0.2, 0.25) is 5.91 Å². The van der Waals surface area contributed by atoms with E-state index in [1.807, 2.05) is 6.92 Å². The lowest BCUT2D eigenvalue weighted by Crippen LogP contribution is -2.38. The third-order valence-electron chi connectivity index (χ3n) is 5.05. The van der Waals surface area contributed by atoms with E-state index >= 15 is 0 Å². The lowest BCUT2D eigenvalue weighted by molar-refractivity contribution is -0.137. The van der Waals surface area contributed by atoms with Crippen LogP contribution in [0.3, 0.4) is 0 Å². The standard InChI is InChI=1S/C24H22ClF3N2O4S/c1-15-4-8-18(9-5-15)30(35(32,33)22-12-16(2)6-11-21(22)34-3)14-23(31)29-17-7-10-20(25)19(13-17)24(26,27)28/h4-13H,14H2,1-3H3,(H,29,31). The van der Waals surface area contributed by atoms with Gasteiger partial charge in [-0.3, -0.25) is 9.10 Å². The molecule has 0 bridgehead atoms. The number of ether oxygens (including phenoxy) is 1. The Hall–Kier alpha value is -3.24. The minimum absolute atomic E-state index is 0.0839. The topological polar surface area (TPSA) is 75.7 Å². The van der Waals surface area contributed by atoms with Gasteiger partial charge in [0.1, 0.15) is 17.2 Å². The largest absolute Gasteiger partial charge is 0.495 e. The Kier molecular flexibility index (Phi) is 7.66. The van der Waals surface area contributed by atoms with E-state index in [1.54, 1.807) is 25.1 Å². The Morgan fingerprint density at radius 1 is 1.00 bits per heavy atom. The average Bonchev–Trinajstić information content (AvgIpc) is 2.78. The number of sulfonamides is 1. The molecule has 0 saturated heterocycles. The Morgan fingerprint density at radius 2 is 1.63 bits per heavy atom. The van der Waals surface area contributed by atoms with Crippen LogP contribution in [-0.4, -0.2) is 28.0 Å². The van der Waals surface area contributed by atoms with Crippen molar-refractivity contribution in [3.63, 3.8) is 0 Å². The molecule has 1 N–H and O–H groups in total. The molecular weight excluding hydrogens is 505 g/mol. The first kappa shape index (κ1) is 26.4. The lowest BCUT2D eigenvalue weighted by atomic mass is 10.2. The zero-order chi connectivity index (χ0) is 26.0. The first-order chi connectivity index (χ1) is 16.3. The van der Waals surface area contributed by atoms with Gasteiger partial charge in [0.05, 0.1) is 23.4 Å². The molecule has 0 aliphatic rings. The highest BCUT2D eigenvalue weighted by Gasteiger charge is 2.34. The summed E-state index contributed by atoms with van der Waals surface area (Å²) in [5.41, 5.74) is 0.412. The molecule has 6 nitrogen and oxygen atoms in total. The number of nitrogens with one attached hydrogen (secondary N) is 1. The molecule has 35 heavy (non-hydrogen) atoms. The number of aryl methyl sites for hydroxylation is 2. The molecule has 186 valence electrons. The van der Waals surface area contributed by atoms with Crippen LogP contribution >= 0.6 is 11.6 Å². The number of benzene rings is 3. The summed E-state index contributed by atoms with van der Waals surface area (Å²) in [4.78, 5) is 12.7. The highest BCUT2D eigenvalue weighted by atomic mass is 35.5. The smallest absolute Gasteiger partial charge is 0.417 e. The minimum atomic E-state index is -4.73. The molecule has 0 spiro atoms. The summed E-state index contributed by atoms with van der Waals surface area (Å²) >= 11 is 5.63. The van der Waals surface area contributed by atoms with Crippen molar-refractivity contribution in [3.8, 4) is 5.75 Å². The van der Waals surface area contributed by atoms with E-state index in [1.165, 1.54) is 37.4 Å². The van der Waals surface area contributed by atoms with Gasteiger partial charge in [-0.1, -0.05) is 35.4 Å². The number of carbonyl (C=O) groups is 1. The molecule has 3 aromatic carbocycles. The normalized spacial score (nSPS) is 11.7. The van der Waals surface area contributed by atoms with Crippen LogP contribution in [0, 0.1) is 13.8 Å². The second-order valence-corrected chi connectivity index (χ2v) is 9.98. The summed E-state index contributed by atoms with van der Waals surface area (Å²) in [5.74, 6) is -0.767. The second-order valence-electron chi connectivity index (χ2n) is 7.74. The van der Waals surface area contributed by atoms with Gasteiger partial charge in [-0.15, -0.1) is 0 Å². The SMILES string of the molecule is COc1ccc(C)cc1S(=O)(=O)N(CC(=O)Nc1ccc(Cl)c(C(F)(F)F)c1)c1ccc(C)cc1. The summed E-state index contributed by atoms with van der Waals surface area (Å²) < 4.78 is 73.0. The average molecular weight is 527 g/mol. The monoisotopic (exact) mass is 526 g/mol. The molecule has 0 heterocycles. The summed E-state index contributed by atoms with van der Waals surface area (Å²) in [6.07, 6.45) is -4.73. The molecule has 0 aliphatic heterocycles. The lowest BCUT2D eigenvalue weighted by Gasteiger charge is -2.25. The van der Waals surface area contributed by atoms with Crippen LogP contribution in [0.15, 0.2) is 65.6 Å². The zero-order valence-corrected chi connectivity index (χ0v) is 20.6. The van der Waals surface area contributed by atoms with E-state index in [0.717, 1.165) is 15.9 Å². The molecule has 0 radical (unpaired) electrons. The number of carbonyl (C=O) groups excluding carboxylic acids is 1. The summed E-state index contributed by atoms with van der Waals surface area (Å²) in [7, 11) is -2.99. The van der Waals surface area contributed by atoms with Gasteiger partial charge in [0, 0.05) is 5.69 Å². The van der Waals surface area contributed by atoms with Crippen molar-refractivity contribution in [1.29, 1.82) is 0 Å². The maximum Gasteiger partial charge on any atom is 0.417 e. The van der Waals surface area contributed by atoms with Gasteiger partial charge in [-0.25, -0.2) is 8.42 Å². The van der Waals surface area contributed by atoms with Crippen molar-refractivity contribution in [2.75, 3.05) is 23.3 Å². The number of rotatable bonds is 7. The predicted molar refractivity (Wildman–Crippen MR) is 129 cm³/mol. The fraction of sp³-hybridized carbons (Fsp3) is 0.208. The maximum absolute atomic E-state index is 13.7. The van der Waals surface area contributed by atoms with Crippen molar-refractivity contribution in [2.45, 2.75) is 24.9 Å². The van der Waals surface area contributed by atoms with Gasteiger partial charge in [-0.05, 0) is 61.9 Å². The van der Waals surface area contributed by atoms with Crippen molar-refractivity contribution in [3.05, 3.63) is 82.4 Å². The molecule has 0 unspecified atom stereocenters. The molecule has 3 rings (SSSR count). The Bertz CT molecular complexity index is 1340. The van der Waals surface area contributed by atoms with E-state index < -0.39 is 39.2 Å². The van der Waals surface area contributed by atoms with Crippen molar-refractivity contribution in [2.24, 2.45) is 0 Å². The Balaban J connectivity index is 2.00. The van der Waals surface area contributed by atoms with Gasteiger partial charge in [-0.2, -0.15) is 13.2 Å². The van der Waals surface area contributed by atoms with E-state index in [2.05, 4.69) is 5.32 Å². The predicted octanol–water partition coefficient (Wildman–Crippen LogP) is 5.82. The first-order valence-corrected chi connectivity index (χ1v) is 12.1. The first-order valence-electron chi connectivity index (χ1n) is 10.2. The van der Waals surface area contributed by atoms with E-state index in [0.29, 0.717) is 11.6 Å². The number of alkyl halides is 3. The number of hydrogen-bond donors (Lipinski definition) is 1. The highest BCUT2D eigenvalue weighted by Crippen LogP contribution is 2.36. The zero-order valence-electron chi connectivity index (χ0n) is 19.0. The van der Waals surface area contributed by atoms with Crippen molar-refractivity contribution >= 4 is 38.9 Å². The minimum Gasteiger partial charge on any atom is -0.495 e. The Morgan fingerprint density at radius 3 is 2.23 bits per heavy atom. The second kappa shape index (κ2) is 10.2. The molecule has 0 aliphatic carbocycles. The quantitative estimate of drug-likeness (QED) is 0.421. The van der Waals surface area contributed by atoms with E-state index in [9.17, 15) is 26.4 Å². The van der Waals surface area contributed by atoms with Crippen LogP contribution in [0.25, 0.3) is 0 Å². The molecule has 1 amide bonds. The number of nitrogens with zero attached hydrogens (tertiary/aromatic N) is 1. The van der Waals surface area contributed by atoms with Crippen molar-refractivity contribution in [1.82, 2.24) is 0 Å². The molecule has 0 fully saturated rings.